The maximum atomic E-state index is 11.4. The van der Waals surface area contributed by atoms with Gasteiger partial charge in [0.25, 0.3) is 0 Å². The van der Waals surface area contributed by atoms with Crippen molar-refractivity contribution in [2.45, 2.75) is 19.1 Å². The topological polar surface area (TPSA) is 76.4 Å². The molecule has 0 heterocycles. The van der Waals surface area contributed by atoms with Crippen molar-refractivity contribution >= 4 is 9.84 Å². The van der Waals surface area contributed by atoms with Gasteiger partial charge in [-0.1, -0.05) is 0 Å². The van der Waals surface area contributed by atoms with Gasteiger partial charge in [-0.25, -0.2) is 8.42 Å². The van der Waals surface area contributed by atoms with E-state index in [4.69, 9.17) is 14.7 Å². The van der Waals surface area contributed by atoms with E-state index >= 15 is 0 Å². The van der Waals surface area contributed by atoms with Crippen molar-refractivity contribution < 1.29 is 17.9 Å². The summed E-state index contributed by atoms with van der Waals surface area (Å²) in [6, 6.07) is 1.89. The van der Waals surface area contributed by atoms with Gasteiger partial charge < -0.3 is 9.47 Å². The second-order valence-corrected chi connectivity index (χ2v) is 5.01. The van der Waals surface area contributed by atoms with Gasteiger partial charge in [-0.2, -0.15) is 5.26 Å². The molecule has 0 saturated heterocycles. The SMILES string of the molecule is COC(CS(=O)(=O)CCCC#N)OC. The molecule has 0 fully saturated rings. The zero-order chi connectivity index (χ0) is 11.0. The second-order valence-electron chi connectivity index (χ2n) is 2.78. The first-order valence-corrected chi connectivity index (χ1v) is 6.01. The van der Waals surface area contributed by atoms with Crippen molar-refractivity contribution in [3.63, 3.8) is 0 Å². The predicted octanol–water partition coefficient (Wildman–Crippen LogP) is 0.324. The van der Waals surface area contributed by atoms with E-state index < -0.39 is 16.1 Å². The molecule has 0 aromatic heterocycles. The predicted molar refractivity (Wildman–Crippen MR) is 51.3 cm³/mol. The van der Waals surface area contributed by atoms with E-state index in [0.717, 1.165) is 0 Å². The fraction of sp³-hybridized carbons (Fsp3) is 0.875. The molecule has 5 nitrogen and oxygen atoms in total. The highest BCUT2D eigenvalue weighted by molar-refractivity contribution is 7.91. The average molecular weight is 221 g/mol. The van der Waals surface area contributed by atoms with Gasteiger partial charge in [0.05, 0.1) is 11.8 Å². The lowest BCUT2D eigenvalue weighted by atomic mass is 10.4. The Bertz CT molecular complexity index is 276. The Balaban J connectivity index is 4.01. The van der Waals surface area contributed by atoms with Crippen LogP contribution in [0.3, 0.4) is 0 Å². The highest BCUT2D eigenvalue weighted by Gasteiger charge is 2.17. The van der Waals surface area contributed by atoms with Crippen LogP contribution < -0.4 is 0 Å². The van der Waals surface area contributed by atoms with Crippen LogP contribution >= 0.6 is 0 Å². The van der Waals surface area contributed by atoms with Crippen LogP contribution in [0.2, 0.25) is 0 Å². The fourth-order valence-electron chi connectivity index (χ4n) is 0.894. The number of methoxy groups -OCH3 is 2. The van der Waals surface area contributed by atoms with Gasteiger partial charge >= 0.3 is 0 Å². The number of rotatable bonds is 7. The zero-order valence-corrected chi connectivity index (χ0v) is 9.21. The quantitative estimate of drug-likeness (QED) is 0.457. The summed E-state index contributed by atoms with van der Waals surface area (Å²) >= 11 is 0. The Hall–Kier alpha value is -0.640. The summed E-state index contributed by atoms with van der Waals surface area (Å²) in [5, 5.41) is 8.24. The van der Waals surface area contributed by atoms with Gasteiger partial charge in [-0.05, 0) is 6.42 Å². The molecule has 0 unspecified atom stereocenters. The molecular weight excluding hydrogens is 206 g/mol. The highest BCUT2D eigenvalue weighted by Crippen LogP contribution is 2.02. The van der Waals surface area contributed by atoms with Gasteiger partial charge in [0, 0.05) is 20.6 Å². The van der Waals surface area contributed by atoms with Gasteiger partial charge in [0.15, 0.2) is 16.1 Å². The van der Waals surface area contributed by atoms with Crippen molar-refractivity contribution in [3.8, 4) is 6.07 Å². The van der Waals surface area contributed by atoms with Crippen molar-refractivity contribution in [2.24, 2.45) is 0 Å². The van der Waals surface area contributed by atoms with Crippen LogP contribution in [0.1, 0.15) is 12.8 Å². The maximum absolute atomic E-state index is 11.4. The van der Waals surface area contributed by atoms with Gasteiger partial charge in [-0.3, -0.25) is 0 Å². The van der Waals surface area contributed by atoms with Gasteiger partial charge in [-0.15, -0.1) is 0 Å². The standard InChI is InChI=1S/C8H15NO4S/c1-12-8(13-2)7-14(10,11)6-4-3-5-9/h8H,3-4,6-7H2,1-2H3. The smallest absolute Gasteiger partial charge is 0.170 e. The van der Waals surface area contributed by atoms with Crippen molar-refractivity contribution in [3.05, 3.63) is 0 Å². The molecule has 0 atom stereocenters. The van der Waals surface area contributed by atoms with Crippen LogP contribution in [0.15, 0.2) is 0 Å². The van der Waals surface area contributed by atoms with E-state index in [1.807, 2.05) is 6.07 Å². The minimum absolute atomic E-state index is 0.00375. The van der Waals surface area contributed by atoms with Crippen LogP contribution in [-0.4, -0.2) is 40.4 Å². The molecule has 0 aliphatic rings. The largest absolute Gasteiger partial charge is 0.355 e. The summed E-state index contributed by atoms with van der Waals surface area (Å²) in [6.07, 6.45) is -0.106. The summed E-state index contributed by atoms with van der Waals surface area (Å²) in [4.78, 5) is 0. The molecule has 0 saturated carbocycles. The highest BCUT2D eigenvalue weighted by atomic mass is 32.2. The van der Waals surface area contributed by atoms with E-state index in [-0.39, 0.29) is 17.9 Å². The van der Waals surface area contributed by atoms with E-state index in [2.05, 4.69) is 0 Å². The number of ether oxygens (including phenoxy) is 2. The minimum atomic E-state index is -3.18. The first kappa shape index (κ1) is 13.4. The number of nitriles is 1. The zero-order valence-electron chi connectivity index (χ0n) is 8.39. The summed E-state index contributed by atoms with van der Waals surface area (Å²) in [6.45, 7) is 0. The lowest BCUT2D eigenvalue weighted by Gasteiger charge is -2.12. The van der Waals surface area contributed by atoms with Crippen LogP contribution in [0.5, 0.6) is 0 Å². The van der Waals surface area contributed by atoms with Crippen molar-refractivity contribution in [1.82, 2.24) is 0 Å². The third-order valence-electron chi connectivity index (χ3n) is 1.66. The molecule has 0 bridgehead atoms. The Morgan fingerprint density at radius 1 is 1.36 bits per heavy atom. The molecule has 82 valence electrons. The second kappa shape index (κ2) is 6.76. The lowest BCUT2D eigenvalue weighted by Crippen LogP contribution is -2.26. The molecule has 0 aromatic carbocycles. The molecule has 0 aliphatic heterocycles. The third-order valence-corrected chi connectivity index (χ3v) is 3.35. The lowest BCUT2D eigenvalue weighted by molar-refractivity contribution is -0.0851. The average Bonchev–Trinajstić information content (AvgIpc) is 2.14. The molecule has 0 N–H and O–H groups in total. The first-order chi connectivity index (χ1) is 6.55. The number of hydrogen-bond donors (Lipinski definition) is 0. The molecule has 0 radical (unpaired) electrons. The molecule has 0 spiro atoms. The molecule has 0 aliphatic carbocycles. The van der Waals surface area contributed by atoms with Crippen LogP contribution in [0, 0.1) is 11.3 Å². The number of nitrogens with zero attached hydrogens (tertiary/aromatic N) is 1. The molecule has 0 aromatic rings. The van der Waals surface area contributed by atoms with Gasteiger partial charge in [0.1, 0.15) is 5.75 Å². The molecular formula is C8H15NO4S. The maximum Gasteiger partial charge on any atom is 0.170 e. The normalized spacial score (nSPS) is 11.6. The Labute approximate surface area is 84.5 Å². The molecule has 0 rings (SSSR count). The summed E-state index contributed by atoms with van der Waals surface area (Å²) in [5.74, 6) is -0.158. The number of unbranched alkanes of at least 4 members (excludes halogenated alkanes) is 1. The third kappa shape index (κ3) is 5.91. The number of sulfone groups is 1. The van der Waals surface area contributed by atoms with Crippen LogP contribution in [0.4, 0.5) is 0 Å². The monoisotopic (exact) mass is 221 g/mol. The van der Waals surface area contributed by atoms with E-state index in [1.54, 1.807) is 0 Å². The summed E-state index contributed by atoms with van der Waals surface area (Å²) in [5.41, 5.74) is 0. The minimum Gasteiger partial charge on any atom is -0.355 e. The Kier molecular flexibility index (Phi) is 6.45. The van der Waals surface area contributed by atoms with Gasteiger partial charge in [0.2, 0.25) is 0 Å². The van der Waals surface area contributed by atoms with E-state index in [0.29, 0.717) is 6.42 Å². The fourth-order valence-corrected chi connectivity index (χ4v) is 2.33. The van der Waals surface area contributed by atoms with E-state index in [9.17, 15) is 8.42 Å². The number of hydrogen-bond acceptors (Lipinski definition) is 5. The summed E-state index contributed by atoms with van der Waals surface area (Å²) in [7, 11) is -0.403. The first-order valence-electron chi connectivity index (χ1n) is 4.18. The van der Waals surface area contributed by atoms with Crippen LogP contribution in [0.25, 0.3) is 0 Å². The molecule has 6 heteroatoms. The summed E-state index contributed by atoms with van der Waals surface area (Å²) < 4.78 is 32.3. The van der Waals surface area contributed by atoms with Crippen molar-refractivity contribution in [1.29, 1.82) is 5.26 Å². The van der Waals surface area contributed by atoms with Crippen LogP contribution in [-0.2, 0) is 19.3 Å². The molecule has 14 heavy (non-hydrogen) atoms. The van der Waals surface area contributed by atoms with Crippen molar-refractivity contribution in [2.75, 3.05) is 25.7 Å². The Morgan fingerprint density at radius 2 is 1.93 bits per heavy atom. The Morgan fingerprint density at radius 3 is 2.36 bits per heavy atom. The molecule has 0 amide bonds. The van der Waals surface area contributed by atoms with E-state index in [1.165, 1.54) is 14.2 Å².